The zero-order chi connectivity index (χ0) is 12.1. The summed E-state index contributed by atoms with van der Waals surface area (Å²) in [6, 6.07) is 5.36. The lowest BCUT2D eigenvalue weighted by Gasteiger charge is -2.15. The van der Waals surface area contributed by atoms with Gasteiger partial charge in [0.2, 0.25) is 0 Å². The van der Waals surface area contributed by atoms with Gasteiger partial charge in [-0.3, -0.25) is 0 Å². The normalized spacial score (nSPS) is 12.0. The van der Waals surface area contributed by atoms with E-state index < -0.39 is 0 Å². The van der Waals surface area contributed by atoms with Crippen molar-refractivity contribution in [2.45, 2.75) is 26.3 Å². The fraction of sp³-hybridized carbons (Fsp3) is 0.417. The van der Waals surface area contributed by atoms with E-state index >= 15 is 0 Å². The lowest BCUT2D eigenvalue weighted by atomic mass is 10.1. The highest BCUT2D eigenvalue weighted by Gasteiger charge is 2.09. The Morgan fingerprint density at radius 2 is 2.25 bits per heavy atom. The zero-order valence-corrected chi connectivity index (χ0v) is 10.5. The number of hydrogen-bond acceptors (Lipinski definition) is 3. The van der Waals surface area contributed by atoms with Gasteiger partial charge < -0.3 is 10.1 Å². The zero-order valence-electron chi connectivity index (χ0n) is 9.71. The van der Waals surface area contributed by atoms with E-state index in [1.807, 2.05) is 0 Å². The van der Waals surface area contributed by atoms with Crippen molar-refractivity contribution >= 4 is 23.3 Å². The van der Waals surface area contributed by atoms with Crippen molar-refractivity contribution < 1.29 is 9.53 Å². The number of esters is 1. The molecule has 1 rings (SSSR count). The third kappa shape index (κ3) is 3.14. The molecule has 0 saturated heterocycles. The second kappa shape index (κ2) is 5.75. The van der Waals surface area contributed by atoms with Crippen LogP contribution >= 0.6 is 11.6 Å². The SMILES string of the molecule is CCC(C)Nc1cc(C(=O)OC)ccc1Cl. The molecule has 0 bridgehead atoms. The topological polar surface area (TPSA) is 38.3 Å². The molecule has 0 heterocycles. The summed E-state index contributed by atoms with van der Waals surface area (Å²) in [6.07, 6.45) is 0.985. The number of hydrogen-bond donors (Lipinski definition) is 1. The minimum Gasteiger partial charge on any atom is -0.465 e. The Morgan fingerprint density at radius 3 is 2.81 bits per heavy atom. The summed E-state index contributed by atoms with van der Waals surface area (Å²) in [5.74, 6) is -0.358. The number of halogens is 1. The largest absolute Gasteiger partial charge is 0.465 e. The van der Waals surface area contributed by atoms with E-state index in [4.69, 9.17) is 11.6 Å². The van der Waals surface area contributed by atoms with Gasteiger partial charge in [-0.25, -0.2) is 4.79 Å². The molecule has 0 saturated carbocycles. The molecule has 1 atom stereocenters. The van der Waals surface area contributed by atoms with Gasteiger partial charge >= 0.3 is 5.97 Å². The van der Waals surface area contributed by atoms with E-state index in [-0.39, 0.29) is 5.97 Å². The highest BCUT2D eigenvalue weighted by Crippen LogP contribution is 2.24. The van der Waals surface area contributed by atoms with E-state index in [0.717, 1.165) is 12.1 Å². The molecule has 4 heteroatoms. The standard InChI is InChI=1S/C12H16ClNO2/c1-4-8(2)14-11-7-9(12(15)16-3)5-6-10(11)13/h5-8,14H,4H2,1-3H3. The van der Waals surface area contributed by atoms with Crippen LogP contribution in [0.2, 0.25) is 5.02 Å². The van der Waals surface area contributed by atoms with E-state index in [1.165, 1.54) is 7.11 Å². The molecule has 0 amide bonds. The van der Waals surface area contributed by atoms with Gasteiger partial charge in [-0.15, -0.1) is 0 Å². The fourth-order valence-corrected chi connectivity index (χ4v) is 1.42. The molecule has 1 unspecified atom stereocenters. The monoisotopic (exact) mass is 241 g/mol. The van der Waals surface area contributed by atoms with Crippen LogP contribution in [0, 0.1) is 0 Å². The minimum atomic E-state index is -0.358. The predicted octanol–water partition coefficient (Wildman–Crippen LogP) is 3.34. The molecule has 0 aliphatic rings. The quantitative estimate of drug-likeness (QED) is 0.822. The maximum absolute atomic E-state index is 11.3. The Labute approximate surface area is 101 Å². The van der Waals surface area contributed by atoms with Crippen molar-refractivity contribution in [2.24, 2.45) is 0 Å². The Kier molecular flexibility index (Phi) is 4.62. The van der Waals surface area contributed by atoms with Crippen molar-refractivity contribution in [1.29, 1.82) is 0 Å². The molecule has 3 nitrogen and oxygen atoms in total. The molecular weight excluding hydrogens is 226 g/mol. The van der Waals surface area contributed by atoms with Gasteiger partial charge in [0.05, 0.1) is 23.4 Å². The molecule has 1 N–H and O–H groups in total. The van der Waals surface area contributed by atoms with Crippen LogP contribution in [0.4, 0.5) is 5.69 Å². The summed E-state index contributed by atoms with van der Waals surface area (Å²) < 4.78 is 4.65. The number of carbonyl (C=O) groups excluding carboxylic acids is 1. The van der Waals surface area contributed by atoms with Crippen molar-refractivity contribution in [3.05, 3.63) is 28.8 Å². The van der Waals surface area contributed by atoms with E-state index in [1.54, 1.807) is 18.2 Å². The van der Waals surface area contributed by atoms with Crippen LogP contribution in [0.15, 0.2) is 18.2 Å². The summed E-state index contributed by atoms with van der Waals surface area (Å²) in [6.45, 7) is 4.14. The molecule has 0 spiro atoms. The number of rotatable bonds is 4. The van der Waals surface area contributed by atoms with Crippen LogP contribution in [0.1, 0.15) is 30.6 Å². The summed E-state index contributed by atoms with van der Waals surface area (Å²) in [4.78, 5) is 11.3. The Hall–Kier alpha value is -1.22. The first-order valence-corrected chi connectivity index (χ1v) is 5.60. The summed E-state index contributed by atoms with van der Waals surface area (Å²) in [5, 5.41) is 3.84. The van der Waals surface area contributed by atoms with Crippen LogP contribution in [-0.2, 0) is 4.74 Å². The van der Waals surface area contributed by atoms with Gasteiger partial charge in [-0.2, -0.15) is 0 Å². The molecule has 0 aliphatic heterocycles. The number of benzene rings is 1. The van der Waals surface area contributed by atoms with Gasteiger partial charge in [-0.1, -0.05) is 18.5 Å². The average Bonchev–Trinajstić information content (AvgIpc) is 2.30. The van der Waals surface area contributed by atoms with Gasteiger partial charge in [0.25, 0.3) is 0 Å². The highest BCUT2D eigenvalue weighted by molar-refractivity contribution is 6.33. The second-order valence-corrected chi connectivity index (χ2v) is 4.05. The van der Waals surface area contributed by atoms with Gasteiger partial charge in [-0.05, 0) is 31.5 Å². The Bertz CT molecular complexity index is 379. The van der Waals surface area contributed by atoms with Crippen LogP contribution in [0.25, 0.3) is 0 Å². The smallest absolute Gasteiger partial charge is 0.337 e. The molecule has 88 valence electrons. The second-order valence-electron chi connectivity index (χ2n) is 3.64. The maximum Gasteiger partial charge on any atom is 0.337 e. The minimum absolute atomic E-state index is 0.311. The first kappa shape index (κ1) is 12.8. The van der Waals surface area contributed by atoms with Crippen LogP contribution in [0.5, 0.6) is 0 Å². The molecule has 0 fully saturated rings. The van der Waals surface area contributed by atoms with Gasteiger partial charge in [0.15, 0.2) is 0 Å². The number of methoxy groups -OCH3 is 1. The summed E-state index contributed by atoms with van der Waals surface area (Å²) in [7, 11) is 1.36. The lowest BCUT2D eigenvalue weighted by molar-refractivity contribution is 0.0601. The van der Waals surface area contributed by atoms with Crippen molar-refractivity contribution in [2.75, 3.05) is 12.4 Å². The van der Waals surface area contributed by atoms with E-state index in [0.29, 0.717) is 16.6 Å². The predicted molar refractivity (Wildman–Crippen MR) is 66.2 cm³/mol. The summed E-state index contributed by atoms with van der Waals surface area (Å²) >= 11 is 6.03. The fourth-order valence-electron chi connectivity index (χ4n) is 1.25. The van der Waals surface area contributed by atoms with Crippen LogP contribution in [-0.4, -0.2) is 19.1 Å². The highest BCUT2D eigenvalue weighted by atomic mass is 35.5. The Morgan fingerprint density at radius 1 is 1.56 bits per heavy atom. The van der Waals surface area contributed by atoms with E-state index in [2.05, 4.69) is 23.9 Å². The number of ether oxygens (including phenoxy) is 1. The van der Waals surface area contributed by atoms with Crippen LogP contribution < -0.4 is 5.32 Å². The van der Waals surface area contributed by atoms with Crippen LogP contribution in [0.3, 0.4) is 0 Å². The molecule has 1 aromatic carbocycles. The Balaban J connectivity index is 2.94. The number of nitrogens with one attached hydrogen (secondary N) is 1. The van der Waals surface area contributed by atoms with Gasteiger partial charge in [0.1, 0.15) is 0 Å². The van der Waals surface area contributed by atoms with Gasteiger partial charge in [0, 0.05) is 6.04 Å². The molecule has 1 aromatic rings. The molecule has 16 heavy (non-hydrogen) atoms. The van der Waals surface area contributed by atoms with Crippen molar-refractivity contribution in [1.82, 2.24) is 0 Å². The number of anilines is 1. The third-order valence-electron chi connectivity index (χ3n) is 2.40. The molecule has 0 radical (unpaired) electrons. The number of carbonyl (C=O) groups is 1. The average molecular weight is 242 g/mol. The maximum atomic E-state index is 11.3. The van der Waals surface area contributed by atoms with Crippen molar-refractivity contribution in [3.8, 4) is 0 Å². The molecule has 0 aliphatic carbocycles. The van der Waals surface area contributed by atoms with Crippen molar-refractivity contribution in [3.63, 3.8) is 0 Å². The summed E-state index contributed by atoms with van der Waals surface area (Å²) in [5.41, 5.74) is 1.26. The molecule has 0 aromatic heterocycles. The first-order valence-electron chi connectivity index (χ1n) is 5.22. The third-order valence-corrected chi connectivity index (χ3v) is 2.73. The molecular formula is C12H16ClNO2. The first-order chi connectivity index (χ1) is 7.58. The van der Waals surface area contributed by atoms with E-state index in [9.17, 15) is 4.79 Å². The lowest BCUT2D eigenvalue weighted by Crippen LogP contribution is -2.14.